The second-order valence-electron chi connectivity index (χ2n) is 8.59. The minimum Gasteiger partial charge on any atom is -0.372 e. The number of hydrogen-bond acceptors (Lipinski definition) is 4. The lowest BCUT2D eigenvalue weighted by Crippen LogP contribution is -2.46. The molecule has 7 heteroatoms. The van der Waals surface area contributed by atoms with Crippen LogP contribution in [-0.2, 0) is 14.8 Å². The summed E-state index contributed by atoms with van der Waals surface area (Å²) in [5.74, 6) is 0.563. The topological polar surface area (TPSA) is 69.7 Å². The molecule has 2 fully saturated rings. The van der Waals surface area contributed by atoms with E-state index < -0.39 is 10.0 Å². The quantitative estimate of drug-likeness (QED) is 0.766. The molecule has 2 aliphatic heterocycles. The van der Waals surface area contributed by atoms with Gasteiger partial charge in [-0.25, -0.2) is 12.7 Å². The molecule has 2 aliphatic rings. The Bertz CT molecular complexity index is 786. The van der Waals surface area contributed by atoms with Crippen molar-refractivity contribution < 1.29 is 13.2 Å². The van der Waals surface area contributed by atoms with Gasteiger partial charge in [0.2, 0.25) is 15.9 Å². The Morgan fingerprint density at radius 1 is 1.14 bits per heavy atom. The van der Waals surface area contributed by atoms with E-state index in [0.717, 1.165) is 37.4 Å². The van der Waals surface area contributed by atoms with E-state index in [1.165, 1.54) is 22.8 Å². The molecule has 2 atom stereocenters. The third kappa shape index (κ3) is 5.51. The largest absolute Gasteiger partial charge is 0.372 e. The maximum absolute atomic E-state index is 12.7. The Kier molecular flexibility index (Phi) is 7.22. The van der Waals surface area contributed by atoms with Crippen molar-refractivity contribution in [3.05, 3.63) is 29.8 Å². The predicted octanol–water partition coefficient (Wildman–Crippen LogP) is 3.16. The van der Waals surface area contributed by atoms with Crippen molar-refractivity contribution in [1.29, 1.82) is 0 Å². The molecule has 0 radical (unpaired) electrons. The van der Waals surface area contributed by atoms with E-state index in [1.807, 2.05) is 6.92 Å². The van der Waals surface area contributed by atoms with E-state index in [0.29, 0.717) is 13.1 Å². The van der Waals surface area contributed by atoms with Crippen LogP contribution in [-0.4, -0.2) is 50.6 Å². The number of benzene rings is 1. The van der Waals surface area contributed by atoms with Crippen LogP contribution in [0.2, 0.25) is 0 Å². The van der Waals surface area contributed by atoms with Crippen LogP contribution in [0.15, 0.2) is 24.3 Å². The molecule has 29 heavy (non-hydrogen) atoms. The van der Waals surface area contributed by atoms with Gasteiger partial charge in [0.05, 0.1) is 17.7 Å². The minimum absolute atomic E-state index is 0.0532. The Hall–Kier alpha value is -1.60. The highest BCUT2D eigenvalue weighted by Crippen LogP contribution is 2.25. The number of nitrogens with zero attached hydrogens (tertiary/aromatic N) is 2. The van der Waals surface area contributed by atoms with Gasteiger partial charge in [-0.3, -0.25) is 4.79 Å². The van der Waals surface area contributed by atoms with Gasteiger partial charge in [-0.2, -0.15) is 0 Å². The summed E-state index contributed by atoms with van der Waals surface area (Å²) < 4.78 is 25.7. The summed E-state index contributed by atoms with van der Waals surface area (Å²) >= 11 is 0. The van der Waals surface area contributed by atoms with Gasteiger partial charge < -0.3 is 10.2 Å². The zero-order chi connectivity index (χ0) is 21.0. The molecule has 1 aromatic rings. The molecule has 2 unspecified atom stereocenters. The lowest BCUT2D eigenvalue weighted by atomic mass is 9.97. The fraction of sp³-hybridized carbons (Fsp3) is 0.682. The number of piperidine rings is 2. The lowest BCUT2D eigenvalue weighted by Gasteiger charge is -2.32. The van der Waals surface area contributed by atoms with Gasteiger partial charge in [0, 0.05) is 31.9 Å². The summed E-state index contributed by atoms with van der Waals surface area (Å²) in [5, 5.41) is 3.09. The molecule has 0 saturated carbocycles. The van der Waals surface area contributed by atoms with Crippen LogP contribution in [0.5, 0.6) is 0 Å². The summed E-state index contributed by atoms with van der Waals surface area (Å²) in [6.45, 7) is 8.96. The third-order valence-corrected chi connectivity index (χ3v) is 8.26. The van der Waals surface area contributed by atoms with Crippen molar-refractivity contribution >= 4 is 21.6 Å². The molecule has 162 valence electrons. The number of nitrogens with one attached hydrogen (secondary N) is 1. The molecular weight excluding hydrogens is 386 g/mol. The van der Waals surface area contributed by atoms with Crippen LogP contribution in [0.3, 0.4) is 0 Å². The number of sulfonamides is 1. The zero-order valence-electron chi connectivity index (χ0n) is 17.9. The van der Waals surface area contributed by atoms with Crippen LogP contribution >= 0.6 is 0 Å². The van der Waals surface area contributed by atoms with E-state index in [2.05, 4.69) is 41.4 Å². The van der Waals surface area contributed by atoms with Crippen molar-refractivity contribution in [2.45, 2.75) is 52.5 Å². The van der Waals surface area contributed by atoms with E-state index in [4.69, 9.17) is 0 Å². The summed E-state index contributed by atoms with van der Waals surface area (Å²) in [4.78, 5) is 15.2. The van der Waals surface area contributed by atoms with Gasteiger partial charge in [0.15, 0.2) is 0 Å². The van der Waals surface area contributed by atoms with Crippen LogP contribution in [0.25, 0.3) is 0 Å². The first-order valence-electron chi connectivity index (χ1n) is 10.9. The second-order valence-corrected chi connectivity index (χ2v) is 10.8. The maximum atomic E-state index is 12.7. The molecule has 3 rings (SSSR count). The van der Waals surface area contributed by atoms with Crippen molar-refractivity contribution in [2.24, 2.45) is 11.8 Å². The predicted molar refractivity (Wildman–Crippen MR) is 117 cm³/mol. The maximum Gasteiger partial charge on any atom is 0.224 e. The molecular formula is C22H35N3O3S. The van der Waals surface area contributed by atoms with Gasteiger partial charge >= 0.3 is 0 Å². The summed E-state index contributed by atoms with van der Waals surface area (Å²) in [6.07, 6.45) is 3.94. The SMILES string of the molecule is CCS(=O)(=O)N1CCCC(C(=O)NC(C)c2ccc(N3CCC(C)CC3)cc2)C1. The fourth-order valence-electron chi connectivity index (χ4n) is 4.25. The summed E-state index contributed by atoms with van der Waals surface area (Å²) in [7, 11) is -3.24. The third-order valence-electron chi connectivity index (χ3n) is 6.41. The number of anilines is 1. The normalized spacial score (nSPS) is 23.0. The van der Waals surface area contributed by atoms with Crippen LogP contribution < -0.4 is 10.2 Å². The Balaban J connectivity index is 1.56. The molecule has 2 saturated heterocycles. The van der Waals surface area contributed by atoms with Gasteiger partial charge in [0.25, 0.3) is 0 Å². The van der Waals surface area contributed by atoms with Crippen molar-refractivity contribution in [3.63, 3.8) is 0 Å². The second kappa shape index (κ2) is 9.47. The molecule has 0 aliphatic carbocycles. The number of rotatable bonds is 6. The Labute approximate surface area is 175 Å². The monoisotopic (exact) mass is 421 g/mol. The van der Waals surface area contributed by atoms with Crippen LogP contribution in [0.1, 0.15) is 58.1 Å². The Morgan fingerprint density at radius 2 is 1.79 bits per heavy atom. The first-order valence-corrected chi connectivity index (χ1v) is 12.5. The average Bonchev–Trinajstić information content (AvgIpc) is 2.74. The minimum atomic E-state index is -3.24. The smallest absolute Gasteiger partial charge is 0.224 e. The van der Waals surface area contributed by atoms with Gasteiger partial charge in [-0.1, -0.05) is 19.1 Å². The molecule has 6 nitrogen and oxygen atoms in total. The number of carbonyl (C=O) groups is 1. The van der Waals surface area contributed by atoms with Gasteiger partial charge in [-0.15, -0.1) is 0 Å². The van der Waals surface area contributed by atoms with E-state index in [-0.39, 0.29) is 23.6 Å². The van der Waals surface area contributed by atoms with Crippen molar-refractivity contribution in [1.82, 2.24) is 9.62 Å². The van der Waals surface area contributed by atoms with Crippen LogP contribution in [0, 0.1) is 11.8 Å². The fourth-order valence-corrected chi connectivity index (χ4v) is 5.43. The highest BCUT2D eigenvalue weighted by Gasteiger charge is 2.31. The van der Waals surface area contributed by atoms with E-state index in [9.17, 15) is 13.2 Å². The van der Waals surface area contributed by atoms with Gasteiger partial charge in [0.1, 0.15) is 0 Å². The van der Waals surface area contributed by atoms with Crippen molar-refractivity contribution in [3.8, 4) is 0 Å². The standard InChI is InChI=1S/C22H35N3O3S/c1-4-29(27,28)25-13-5-6-20(16-25)22(26)23-18(3)19-7-9-21(10-8-19)24-14-11-17(2)12-15-24/h7-10,17-18,20H,4-6,11-16H2,1-3H3,(H,23,26). The first kappa shape index (κ1) is 22.1. The highest BCUT2D eigenvalue weighted by atomic mass is 32.2. The molecule has 0 aromatic heterocycles. The average molecular weight is 422 g/mol. The van der Waals surface area contributed by atoms with E-state index >= 15 is 0 Å². The van der Waals surface area contributed by atoms with Crippen molar-refractivity contribution in [2.75, 3.05) is 36.8 Å². The Morgan fingerprint density at radius 3 is 2.41 bits per heavy atom. The number of carbonyl (C=O) groups excluding carboxylic acids is 1. The molecule has 0 spiro atoms. The number of amides is 1. The number of hydrogen-bond donors (Lipinski definition) is 1. The molecule has 1 amide bonds. The van der Waals surface area contributed by atoms with Gasteiger partial charge in [-0.05, 0) is 63.1 Å². The zero-order valence-corrected chi connectivity index (χ0v) is 18.7. The summed E-state index contributed by atoms with van der Waals surface area (Å²) in [6, 6.07) is 8.37. The molecule has 1 aromatic carbocycles. The van der Waals surface area contributed by atoms with Crippen LogP contribution in [0.4, 0.5) is 5.69 Å². The molecule has 1 N–H and O–H groups in total. The van der Waals surface area contributed by atoms with E-state index in [1.54, 1.807) is 6.92 Å². The lowest BCUT2D eigenvalue weighted by molar-refractivity contribution is -0.126. The summed E-state index contributed by atoms with van der Waals surface area (Å²) in [5.41, 5.74) is 2.31. The molecule has 2 heterocycles. The highest BCUT2D eigenvalue weighted by molar-refractivity contribution is 7.89. The first-order chi connectivity index (χ1) is 13.8. The molecule has 0 bridgehead atoms.